The Morgan fingerprint density at radius 3 is 2.65 bits per heavy atom. The molecule has 26 heavy (non-hydrogen) atoms. The van der Waals surface area contributed by atoms with E-state index in [4.69, 9.17) is 4.74 Å². The number of nitrogens with one attached hydrogen (secondary N) is 2. The first-order chi connectivity index (χ1) is 12.5. The van der Waals surface area contributed by atoms with Crippen molar-refractivity contribution in [2.75, 3.05) is 7.11 Å². The number of hydrogen-bond donors (Lipinski definition) is 2. The molecule has 0 aliphatic carbocycles. The molecular weight excluding hydrogens is 346 g/mol. The van der Waals surface area contributed by atoms with Crippen molar-refractivity contribution < 1.29 is 23.0 Å². The van der Waals surface area contributed by atoms with Crippen LogP contribution in [0.3, 0.4) is 0 Å². The zero-order chi connectivity index (χ0) is 18.7. The Balaban J connectivity index is 1.90. The van der Waals surface area contributed by atoms with Gasteiger partial charge in [0.15, 0.2) is 17.3 Å². The SMILES string of the molecule is COc1cccc(/C=C/C(=O)c2ccc3[nH]c(=O)[nH]c3c2)c1OC(F)F. The summed E-state index contributed by atoms with van der Waals surface area (Å²) in [7, 11) is 1.33. The predicted octanol–water partition coefficient (Wildman–Crippen LogP) is 3.36. The molecule has 0 bridgehead atoms. The number of aromatic nitrogens is 2. The number of ether oxygens (including phenoxy) is 2. The minimum atomic E-state index is -3.03. The van der Waals surface area contributed by atoms with Crippen molar-refractivity contribution in [2.24, 2.45) is 0 Å². The van der Waals surface area contributed by atoms with E-state index in [1.54, 1.807) is 18.2 Å². The number of rotatable bonds is 6. The Morgan fingerprint density at radius 1 is 1.15 bits per heavy atom. The van der Waals surface area contributed by atoms with Crippen LogP contribution in [0, 0.1) is 0 Å². The first-order valence-corrected chi connectivity index (χ1v) is 7.54. The van der Waals surface area contributed by atoms with Gasteiger partial charge in [-0.1, -0.05) is 12.1 Å². The maximum atomic E-state index is 12.6. The van der Waals surface area contributed by atoms with Crippen molar-refractivity contribution in [3.63, 3.8) is 0 Å². The van der Waals surface area contributed by atoms with E-state index in [9.17, 15) is 18.4 Å². The smallest absolute Gasteiger partial charge is 0.387 e. The first-order valence-electron chi connectivity index (χ1n) is 7.54. The lowest BCUT2D eigenvalue weighted by molar-refractivity contribution is -0.0513. The molecule has 0 fully saturated rings. The van der Waals surface area contributed by atoms with Gasteiger partial charge in [-0.2, -0.15) is 8.78 Å². The molecule has 0 spiro atoms. The lowest BCUT2D eigenvalue weighted by Crippen LogP contribution is -2.05. The van der Waals surface area contributed by atoms with E-state index in [0.717, 1.165) is 0 Å². The molecule has 134 valence electrons. The predicted molar refractivity (Wildman–Crippen MR) is 91.9 cm³/mol. The number of benzene rings is 2. The number of H-pyrrole nitrogens is 2. The second-order valence-corrected chi connectivity index (χ2v) is 5.29. The van der Waals surface area contributed by atoms with E-state index < -0.39 is 6.61 Å². The lowest BCUT2D eigenvalue weighted by Gasteiger charge is -2.12. The van der Waals surface area contributed by atoms with Gasteiger partial charge in [-0.3, -0.25) is 4.79 Å². The molecule has 0 unspecified atom stereocenters. The fourth-order valence-electron chi connectivity index (χ4n) is 2.49. The Morgan fingerprint density at radius 2 is 1.92 bits per heavy atom. The summed E-state index contributed by atoms with van der Waals surface area (Å²) in [6, 6.07) is 9.29. The molecule has 3 rings (SSSR count). The summed E-state index contributed by atoms with van der Waals surface area (Å²) < 4.78 is 34.8. The number of ketones is 1. The summed E-state index contributed by atoms with van der Waals surface area (Å²) in [5.74, 6) is -0.384. The number of methoxy groups -OCH3 is 1. The van der Waals surface area contributed by atoms with Crippen molar-refractivity contribution in [1.29, 1.82) is 0 Å². The zero-order valence-corrected chi connectivity index (χ0v) is 13.6. The lowest BCUT2D eigenvalue weighted by atomic mass is 10.1. The van der Waals surface area contributed by atoms with Crippen molar-refractivity contribution >= 4 is 22.9 Å². The van der Waals surface area contributed by atoms with Crippen LogP contribution in [-0.2, 0) is 0 Å². The molecule has 1 aromatic heterocycles. The van der Waals surface area contributed by atoms with E-state index in [-0.39, 0.29) is 28.5 Å². The maximum Gasteiger partial charge on any atom is 0.387 e. The number of hydrogen-bond acceptors (Lipinski definition) is 4. The van der Waals surface area contributed by atoms with Gasteiger partial charge in [0.05, 0.1) is 18.1 Å². The number of halogens is 2. The molecule has 0 radical (unpaired) electrons. The Labute approximate surface area is 146 Å². The van der Waals surface area contributed by atoms with Crippen LogP contribution in [0.4, 0.5) is 8.78 Å². The number of alkyl halides is 2. The van der Waals surface area contributed by atoms with E-state index in [2.05, 4.69) is 14.7 Å². The minimum absolute atomic E-state index is 0.131. The standard InChI is InChI=1S/C18H14F2N2O4/c1-25-15-4-2-3-10(16(15)26-17(19)20)6-8-14(23)11-5-7-12-13(9-11)22-18(24)21-12/h2-9,17H,1H3,(H2,21,22,24)/b8-6+. The van der Waals surface area contributed by atoms with Gasteiger partial charge in [-0.05, 0) is 36.4 Å². The molecule has 0 saturated carbocycles. The minimum Gasteiger partial charge on any atom is -0.493 e. The number of carbonyl (C=O) groups is 1. The highest BCUT2D eigenvalue weighted by atomic mass is 19.3. The van der Waals surface area contributed by atoms with E-state index in [1.807, 2.05) is 0 Å². The average Bonchev–Trinajstić information content (AvgIpc) is 2.99. The van der Waals surface area contributed by atoms with E-state index in [1.165, 1.54) is 37.5 Å². The van der Waals surface area contributed by atoms with Crippen molar-refractivity contribution in [3.05, 3.63) is 64.1 Å². The molecule has 0 aliphatic heterocycles. The zero-order valence-electron chi connectivity index (χ0n) is 13.6. The average molecular weight is 360 g/mol. The van der Waals surface area contributed by atoms with Gasteiger partial charge in [0.25, 0.3) is 0 Å². The fourth-order valence-corrected chi connectivity index (χ4v) is 2.49. The summed E-state index contributed by atoms with van der Waals surface area (Å²) in [5.41, 5.74) is 1.32. The first kappa shape index (κ1) is 17.4. The summed E-state index contributed by atoms with van der Waals surface area (Å²) in [4.78, 5) is 28.8. The van der Waals surface area contributed by atoms with E-state index >= 15 is 0 Å². The highest BCUT2D eigenvalue weighted by molar-refractivity contribution is 6.08. The molecule has 0 saturated heterocycles. The molecular formula is C18H14F2N2O4. The van der Waals surface area contributed by atoms with Crippen LogP contribution in [0.15, 0.2) is 47.3 Å². The Hall–Kier alpha value is -3.42. The van der Waals surface area contributed by atoms with Crippen LogP contribution in [0.2, 0.25) is 0 Å². The molecule has 0 amide bonds. The van der Waals surface area contributed by atoms with Crippen molar-refractivity contribution in [3.8, 4) is 11.5 Å². The van der Waals surface area contributed by atoms with Gasteiger partial charge in [0.2, 0.25) is 0 Å². The summed E-state index contributed by atoms with van der Waals surface area (Å²) in [5, 5.41) is 0. The van der Waals surface area contributed by atoms with Crippen molar-refractivity contribution in [1.82, 2.24) is 9.97 Å². The second kappa shape index (κ2) is 7.22. The second-order valence-electron chi connectivity index (χ2n) is 5.29. The molecule has 2 aromatic carbocycles. The third-order valence-corrected chi connectivity index (χ3v) is 3.65. The highest BCUT2D eigenvalue weighted by Crippen LogP contribution is 2.33. The quantitative estimate of drug-likeness (QED) is 0.521. The fraction of sp³-hybridized carbons (Fsp3) is 0.111. The van der Waals surface area contributed by atoms with Gasteiger partial charge in [0.1, 0.15) is 0 Å². The normalized spacial score (nSPS) is 11.4. The van der Waals surface area contributed by atoms with Crippen LogP contribution in [0.5, 0.6) is 11.5 Å². The highest BCUT2D eigenvalue weighted by Gasteiger charge is 2.14. The number of aromatic amines is 2. The van der Waals surface area contributed by atoms with Crippen LogP contribution < -0.4 is 15.2 Å². The van der Waals surface area contributed by atoms with Gasteiger partial charge in [-0.25, -0.2) is 4.79 Å². The Kier molecular flexibility index (Phi) is 4.83. The number of para-hydroxylation sites is 1. The maximum absolute atomic E-state index is 12.6. The summed E-state index contributed by atoms with van der Waals surface area (Å²) in [6.45, 7) is -3.03. The largest absolute Gasteiger partial charge is 0.493 e. The molecule has 1 heterocycles. The number of allylic oxidation sites excluding steroid dienone is 1. The topological polar surface area (TPSA) is 84.2 Å². The van der Waals surface area contributed by atoms with Crippen LogP contribution in [0.1, 0.15) is 15.9 Å². The van der Waals surface area contributed by atoms with Crippen LogP contribution in [0.25, 0.3) is 17.1 Å². The molecule has 3 aromatic rings. The van der Waals surface area contributed by atoms with Gasteiger partial charge >= 0.3 is 12.3 Å². The number of imidazole rings is 1. The van der Waals surface area contributed by atoms with Crippen molar-refractivity contribution in [2.45, 2.75) is 6.61 Å². The molecule has 0 atom stereocenters. The van der Waals surface area contributed by atoms with Gasteiger partial charge in [-0.15, -0.1) is 0 Å². The van der Waals surface area contributed by atoms with Gasteiger partial charge in [0, 0.05) is 11.1 Å². The van der Waals surface area contributed by atoms with E-state index in [0.29, 0.717) is 16.6 Å². The number of fused-ring (bicyclic) bond motifs is 1. The summed E-state index contributed by atoms with van der Waals surface area (Å²) in [6.07, 6.45) is 2.60. The third kappa shape index (κ3) is 3.64. The van der Waals surface area contributed by atoms with Crippen LogP contribution >= 0.6 is 0 Å². The van der Waals surface area contributed by atoms with Gasteiger partial charge < -0.3 is 19.4 Å². The molecule has 2 N–H and O–H groups in total. The third-order valence-electron chi connectivity index (χ3n) is 3.65. The van der Waals surface area contributed by atoms with Crippen LogP contribution in [-0.4, -0.2) is 29.5 Å². The Bertz CT molecular complexity index is 1040. The monoisotopic (exact) mass is 360 g/mol. The summed E-state index contributed by atoms with van der Waals surface area (Å²) >= 11 is 0. The number of carbonyl (C=O) groups excluding carboxylic acids is 1. The molecule has 8 heteroatoms. The molecule has 6 nitrogen and oxygen atoms in total. The molecule has 0 aliphatic rings.